The third-order valence-electron chi connectivity index (χ3n) is 9.46. The zero-order chi connectivity index (χ0) is 30.5. The number of rotatable bonds is 4. The van der Waals surface area contributed by atoms with E-state index in [1.165, 1.54) is 87.6 Å². The van der Waals surface area contributed by atoms with Gasteiger partial charge in [-0.05, 0) is 99.7 Å². The van der Waals surface area contributed by atoms with Gasteiger partial charge in [0.2, 0.25) is 0 Å². The lowest BCUT2D eigenvalue weighted by molar-refractivity contribution is 1.59. The Bertz CT molecular complexity index is 2580. The summed E-state index contributed by atoms with van der Waals surface area (Å²) in [5.41, 5.74) is 9.95. The van der Waals surface area contributed by atoms with Gasteiger partial charge >= 0.3 is 0 Å². The minimum Gasteiger partial charge on any atom is -0.0616 e. The van der Waals surface area contributed by atoms with E-state index in [1.807, 2.05) is 0 Å². The zero-order valence-electron chi connectivity index (χ0n) is 25.3. The highest BCUT2D eigenvalue weighted by Gasteiger charge is 2.20. The fraction of sp³-hybridized carbons (Fsp3) is 0. The molecule has 0 bridgehead atoms. The number of hydrogen-bond acceptors (Lipinski definition) is 0. The Kier molecular flexibility index (Phi) is 6.25. The number of hydrogen-bond donors (Lipinski definition) is 0. The summed E-state index contributed by atoms with van der Waals surface area (Å²) >= 11 is 0. The highest BCUT2D eigenvalue weighted by Crippen LogP contribution is 2.47. The van der Waals surface area contributed by atoms with Crippen molar-refractivity contribution in [3.05, 3.63) is 182 Å². The van der Waals surface area contributed by atoms with Crippen LogP contribution in [0.15, 0.2) is 182 Å². The van der Waals surface area contributed by atoms with Crippen LogP contribution in [0, 0.1) is 0 Å². The van der Waals surface area contributed by atoms with Crippen LogP contribution in [0.2, 0.25) is 0 Å². The van der Waals surface area contributed by atoms with E-state index in [2.05, 4.69) is 182 Å². The highest BCUT2D eigenvalue weighted by atomic mass is 14.2. The molecule has 0 heteroatoms. The van der Waals surface area contributed by atoms with Gasteiger partial charge < -0.3 is 0 Å². The van der Waals surface area contributed by atoms with Gasteiger partial charge in [-0.1, -0.05) is 170 Å². The second kappa shape index (κ2) is 10.9. The van der Waals surface area contributed by atoms with Gasteiger partial charge in [-0.25, -0.2) is 0 Å². The van der Waals surface area contributed by atoms with Crippen molar-refractivity contribution in [3.8, 4) is 44.5 Å². The molecule has 0 aliphatic carbocycles. The SMILES string of the molecule is c1ccc(-c2cccc3ccccc23)c(-c2ccc3cc4ccccc4cc3c2-c2ccccc2-c2cccc3ccccc23)c1. The first-order valence-corrected chi connectivity index (χ1v) is 15.9. The van der Waals surface area contributed by atoms with Crippen molar-refractivity contribution in [1.29, 1.82) is 0 Å². The maximum atomic E-state index is 2.39. The molecular weight excluding hydrogens is 553 g/mol. The molecule has 9 aromatic carbocycles. The monoisotopic (exact) mass is 582 g/mol. The summed E-state index contributed by atoms with van der Waals surface area (Å²) in [6.07, 6.45) is 0. The van der Waals surface area contributed by atoms with Crippen LogP contribution in [0.25, 0.3) is 87.6 Å². The quantitative estimate of drug-likeness (QED) is 0.181. The van der Waals surface area contributed by atoms with Crippen LogP contribution in [0.3, 0.4) is 0 Å². The second-order valence-corrected chi connectivity index (χ2v) is 12.1. The Balaban J connectivity index is 1.40. The average Bonchev–Trinajstić information content (AvgIpc) is 3.13. The normalized spacial score (nSPS) is 11.5. The van der Waals surface area contributed by atoms with Crippen LogP contribution in [-0.2, 0) is 0 Å². The predicted octanol–water partition coefficient (Wildman–Crippen LogP) is 13.0. The van der Waals surface area contributed by atoms with Gasteiger partial charge in [0.05, 0.1) is 0 Å². The lowest BCUT2D eigenvalue weighted by Gasteiger charge is -2.21. The Morgan fingerprint density at radius 3 is 1.22 bits per heavy atom. The van der Waals surface area contributed by atoms with Crippen molar-refractivity contribution >= 4 is 43.1 Å². The summed E-state index contributed by atoms with van der Waals surface area (Å²) in [5, 5.41) is 10.0. The Labute approximate surface area is 268 Å². The summed E-state index contributed by atoms with van der Waals surface area (Å²) < 4.78 is 0. The molecule has 0 nitrogen and oxygen atoms in total. The molecular formula is C46H30. The smallest absolute Gasteiger partial charge is 0.00201 e. The second-order valence-electron chi connectivity index (χ2n) is 12.1. The van der Waals surface area contributed by atoms with Crippen LogP contribution in [0.5, 0.6) is 0 Å². The predicted molar refractivity (Wildman–Crippen MR) is 198 cm³/mol. The molecule has 0 unspecified atom stereocenters. The number of benzene rings is 9. The van der Waals surface area contributed by atoms with Gasteiger partial charge in [0.15, 0.2) is 0 Å². The van der Waals surface area contributed by atoms with Gasteiger partial charge in [-0.2, -0.15) is 0 Å². The van der Waals surface area contributed by atoms with Gasteiger partial charge in [-0.3, -0.25) is 0 Å². The Morgan fingerprint density at radius 2 is 0.609 bits per heavy atom. The first-order valence-electron chi connectivity index (χ1n) is 15.9. The Morgan fingerprint density at radius 1 is 0.196 bits per heavy atom. The molecule has 0 radical (unpaired) electrons. The molecule has 0 spiro atoms. The lowest BCUT2D eigenvalue weighted by atomic mass is 9.82. The molecule has 0 saturated carbocycles. The summed E-state index contributed by atoms with van der Waals surface area (Å²) in [5.74, 6) is 0. The zero-order valence-corrected chi connectivity index (χ0v) is 25.3. The van der Waals surface area contributed by atoms with Crippen LogP contribution < -0.4 is 0 Å². The van der Waals surface area contributed by atoms with Crippen molar-refractivity contribution in [2.24, 2.45) is 0 Å². The summed E-state index contributed by atoms with van der Waals surface area (Å²) in [6, 6.07) is 66.7. The third-order valence-corrected chi connectivity index (χ3v) is 9.46. The minimum absolute atomic E-state index is 1.23. The molecule has 0 aliphatic rings. The molecule has 0 aromatic heterocycles. The van der Waals surface area contributed by atoms with Crippen LogP contribution in [0.4, 0.5) is 0 Å². The lowest BCUT2D eigenvalue weighted by Crippen LogP contribution is -1.94. The van der Waals surface area contributed by atoms with Gasteiger partial charge in [0, 0.05) is 0 Å². The molecule has 0 N–H and O–H groups in total. The highest BCUT2D eigenvalue weighted by molar-refractivity contribution is 6.14. The van der Waals surface area contributed by atoms with E-state index >= 15 is 0 Å². The van der Waals surface area contributed by atoms with E-state index in [9.17, 15) is 0 Å². The number of fused-ring (bicyclic) bond motifs is 4. The van der Waals surface area contributed by atoms with E-state index in [-0.39, 0.29) is 0 Å². The maximum absolute atomic E-state index is 2.39. The molecule has 0 atom stereocenters. The minimum atomic E-state index is 1.23. The van der Waals surface area contributed by atoms with Gasteiger partial charge in [-0.15, -0.1) is 0 Å². The van der Waals surface area contributed by atoms with Crippen molar-refractivity contribution in [2.45, 2.75) is 0 Å². The standard InChI is InChI=1S/C46H30/c1-2-16-34-30-45-35(29-33(34)15-1)27-28-44(42-23-8-7-21-40(42)38-25-11-17-31-13-3-5-19-36(31)38)46(45)43-24-10-9-22-41(43)39-26-12-18-32-14-4-6-20-37(32)39/h1-30H. The molecule has 0 amide bonds. The van der Waals surface area contributed by atoms with E-state index in [0.29, 0.717) is 0 Å². The summed E-state index contributed by atoms with van der Waals surface area (Å²) in [6.45, 7) is 0. The molecule has 9 rings (SSSR count). The van der Waals surface area contributed by atoms with Crippen molar-refractivity contribution in [3.63, 3.8) is 0 Å². The van der Waals surface area contributed by atoms with Crippen LogP contribution in [0.1, 0.15) is 0 Å². The first kappa shape index (κ1) is 26.4. The fourth-order valence-corrected chi connectivity index (χ4v) is 7.34. The first-order chi connectivity index (χ1) is 22.8. The van der Waals surface area contributed by atoms with Crippen molar-refractivity contribution < 1.29 is 0 Å². The van der Waals surface area contributed by atoms with Crippen LogP contribution >= 0.6 is 0 Å². The van der Waals surface area contributed by atoms with E-state index in [1.54, 1.807) is 0 Å². The summed E-state index contributed by atoms with van der Waals surface area (Å²) in [7, 11) is 0. The fourth-order valence-electron chi connectivity index (χ4n) is 7.34. The molecule has 0 heterocycles. The van der Waals surface area contributed by atoms with Crippen LogP contribution in [-0.4, -0.2) is 0 Å². The van der Waals surface area contributed by atoms with Crippen molar-refractivity contribution in [2.75, 3.05) is 0 Å². The third kappa shape index (κ3) is 4.30. The topological polar surface area (TPSA) is 0 Å². The molecule has 214 valence electrons. The Hall–Kier alpha value is -5.98. The molecule has 46 heavy (non-hydrogen) atoms. The molecule has 0 aliphatic heterocycles. The maximum Gasteiger partial charge on any atom is -0.00201 e. The molecule has 9 aromatic rings. The van der Waals surface area contributed by atoms with E-state index in [4.69, 9.17) is 0 Å². The van der Waals surface area contributed by atoms with Gasteiger partial charge in [0.1, 0.15) is 0 Å². The van der Waals surface area contributed by atoms with Gasteiger partial charge in [0.25, 0.3) is 0 Å². The van der Waals surface area contributed by atoms with E-state index in [0.717, 1.165) is 0 Å². The van der Waals surface area contributed by atoms with Crippen molar-refractivity contribution in [1.82, 2.24) is 0 Å². The largest absolute Gasteiger partial charge is 0.0616 e. The average molecular weight is 583 g/mol. The molecule has 0 saturated heterocycles. The van der Waals surface area contributed by atoms with E-state index < -0.39 is 0 Å². The molecule has 0 fully saturated rings. The summed E-state index contributed by atoms with van der Waals surface area (Å²) in [4.78, 5) is 0.